The van der Waals surface area contributed by atoms with Gasteiger partial charge in [-0.1, -0.05) is 26.0 Å². The van der Waals surface area contributed by atoms with Gasteiger partial charge in [-0.2, -0.15) is 19.8 Å². The molecule has 5 rings (SSSR count). The third-order valence-electron chi connectivity index (χ3n) is 6.52. The molecule has 1 aliphatic heterocycles. The Balaban J connectivity index is 1.47. The molecular formula is C25H26F2N8O2. The first-order valence-electron chi connectivity index (χ1n) is 12.0. The van der Waals surface area contributed by atoms with Crippen LogP contribution in [0.2, 0.25) is 0 Å². The van der Waals surface area contributed by atoms with Gasteiger partial charge in [0.15, 0.2) is 0 Å². The first-order valence-corrected chi connectivity index (χ1v) is 12.0. The Morgan fingerprint density at radius 2 is 2.08 bits per heavy atom. The van der Waals surface area contributed by atoms with Gasteiger partial charge in [-0.05, 0) is 24.1 Å². The number of hydrogen-bond donors (Lipinski definition) is 2. The Kier molecular flexibility index (Phi) is 6.64. The fourth-order valence-corrected chi connectivity index (χ4v) is 4.63. The first-order chi connectivity index (χ1) is 17.8. The number of hydrogen-bond acceptors (Lipinski definition) is 6. The predicted octanol–water partition coefficient (Wildman–Crippen LogP) is 2.50. The van der Waals surface area contributed by atoms with Crippen molar-refractivity contribution in [2.24, 2.45) is 0 Å². The maximum absolute atomic E-state index is 14.9. The molecule has 4 aromatic heterocycles. The van der Waals surface area contributed by atoms with Crippen molar-refractivity contribution in [2.45, 2.75) is 50.9 Å². The lowest BCUT2D eigenvalue weighted by atomic mass is 10.0. The molecule has 37 heavy (non-hydrogen) atoms. The second kappa shape index (κ2) is 10.0. The monoisotopic (exact) mass is 508 g/mol. The molecule has 1 fully saturated rings. The number of H-pyrrole nitrogens is 1. The first kappa shape index (κ1) is 24.5. The van der Waals surface area contributed by atoms with Crippen molar-refractivity contribution in [3.05, 3.63) is 77.6 Å². The van der Waals surface area contributed by atoms with Crippen molar-refractivity contribution >= 4 is 17.3 Å². The molecule has 5 heterocycles. The molecule has 1 aliphatic rings. The summed E-state index contributed by atoms with van der Waals surface area (Å²) in [4.78, 5) is 36.3. The number of alkyl halides is 1. The van der Waals surface area contributed by atoms with Gasteiger partial charge in [-0.3, -0.25) is 9.59 Å². The van der Waals surface area contributed by atoms with Crippen LogP contribution >= 0.6 is 0 Å². The maximum atomic E-state index is 14.9. The minimum atomic E-state index is -1.36. The second-order valence-corrected chi connectivity index (χ2v) is 9.37. The van der Waals surface area contributed by atoms with Crippen LogP contribution in [-0.2, 0) is 16.0 Å². The van der Waals surface area contributed by atoms with E-state index in [0.717, 1.165) is 0 Å². The topological polar surface area (TPSA) is 121 Å². The molecule has 4 aromatic rings. The SMILES string of the molecule is CC(C)c1ccc(C(NC(=O)[C@@H]2C[C@@H](F)CN2C(=O)Cc2cn[nH]n2)c2ncn3ccccc23)nc1F. The van der Waals surface area contributed by atoms with E-state index in [0.29, 0.717) is 22.5 Å². The molecule has 3 atom stereocenters. The third kappa shape index (κ3) is 4.91. The smallest absolute Gasteiger partial charge is 0.243 e. The Morgan fingerprint density at radius 1 is 1.24 bits per heavy atom. The number of nitrogens with zero attached hydrogens (tertiary/aromatic N) is 6. The van der Waals surface area contributed by atoms with Gasteiger partial charge in [0.2, 0.25) is 17.8 Å². The molecule has 1 unspecified atom stereocenters. The van der Waals surface area contributed by atoms with Crippen LogP contribution in [0.3, 0.4) is 0 Å². The summed E-state index contributed by atoms with van der Waals surface area (Å²) in [7, 11) is 0. The fourth-order valence-electron chi connectivity index (χ4n) is 4.63. The Bertz CT molecular complexity index is 1420. The van der Waals surface area contributed by atoms with E-state index in [-0.39, 0.29) is 31.0 Å². The van der Waals surface area contributed by atoms with Gasteiger partial charge < -0.3 is 14.6 Å². The molecule has 192 valence electrons. The van der Waals surface area contributed by atoms with Crippen molar-refractivity contribution in [3.8, 4) is 0 Å². The molecule has 10 nitrogen and oxygen atoms in total. The third-order valence-corrected chi connectivity index (χ3v) is 6.52. The van der Waals surface area contributed by atoms with Crippen LogP contribution in [0.1, 0.15) is 54.9 Å². The highest BCUT2D eigenvalue weighted by Crippen LogP contribution is 2.28. The number of pyridine rings is 2. The summed E-state index contributed by atoms with van der Waals surface area (Å²) >= 11 is 0. The molecular weight excluding hydrogens is 482 g/mol. The Morgan fingerprint density at radius 3 is 2.81 bits per heavy atom. The highest BCUT2D eigenvalue weighted by atomic mass is 19.1. The minimum absolute atomic E-state index is 0.0766. The summed E-state index contributed by atoms with van der Waals surface area (Å²) in [5.74, 6) is -1.73. The van der Waals surface area contributed by atoms with E-state index >= 15 is 0 Å². The van der Waals surface area contributed by atoms with Crippen LogP contribution in [0.4, 0.5) is 8.78 Å². The van der Waals surface area contributed by atoms with E-state index in [9.17, 15) is 18.4 Å². The van der Waals surface area contributed by atoms with Crippen molar-refractivity contribution in [3.63, 3.8) is 0 Å². The van der Waals surface area contributed by atoms with Gasteiger partial charge in [0, 0.05) is 18.2 Å². The lowest BCUT2D eigenvalue weighted by molar-refractivity contribution is -0.138. The molecule has 0 spiro atoms. The predicted molar refractivity (Wildman–Crippen MR) is 129 cm³/mol. The molecule has 0 aromatic carbocycles. The summed E-state index contributed by atoms with van der Waals surface area (Å²) in [6.07, 6.45) is 3.16. The molecule has 2 N–H and O–H groups in total. The molecule has 0 saturated carbocycles. The van der Waals surface area contributed by atoms with E-state index in [1.54, 1.807) is 29.1 Å². The van der Waals surface area contributed by atoms with Crippen LogP contribution in [0, 0.1) is 5.95 Å². The molecule has 12 heteroatoms. The maximum Gasteiger partial charge on any atom is 0.243 e. The molecule has 1 saturated heterocycles. The highest BCUT2D eigenvalue weighted by molar-refractivity contribution is 5.89. The molecule has 0 aliphatic carbocycles. The van der Waals surface area contributed by atoms with E-state index < -0.39 is 36.0 Å². The van der Waals surface area contributed by atoms with E-state index in [2.05, 4.69) is 30.7 Å². The van der Waals surface area contributed by atoms with Crippen molar-refractivity contribution in [2.75, 3.05) is 6.54 Å². The van der Waals surface area contributed by atoms with Crippen molar-refractivity contribution in [1.82, 2.24) is 40.0 Å². The number of nitrogens with one attached hydrogen (secondary N) is 2. The lowest BCUT2D eigenvalue weighted by Gasteiger charge is -2.26. The van der Waals surface area contributed by atoms with Gasteiger partial charge in [-0.25, -0.2) is 14.4 Å². The zero-order valence-corrected chi connectivity index (χ0v) is 20.3. The molecule has 0 bridgehead atoms. The second-order valence-electron chi connectivity index (χ2n) is 9.37. The van der Waals surface area contributed by atoms with Gasteiger partial charge in [-0.15, -0.1) is 0 Å². The summed E-state index contributed by atoms with van der Waals surface area (Å²) < 4.78 is 31.1. The van der Waals surface area contributed by atoms with E-state index in [4.69, 9.17) is 0 Å². The highest BCUT2D eigenvalue weighted by Gasteiger charge is 2.41. The van der Waals surface area contributed by atoms with E-state index in [1.807, 2.05) is 32.0 Å². The van der Waals surface area contributed by atoms with Crippen LogP contribution in [0.15, 0.2) is 49.1 Å². The standard InChI is InChI=1S/C25H26F2N8O2/c1-14(2)17-6-7-18(30-24(17)27)22(23-19-5-3-4-8-34(19)13-28-23)31-25(37)20-9-15(26)12-35(20)21(36)10-16-11-29-33-32-16/h3-8,11,13-15,20,22H,9-10,12H2,1-2H3,(H,31,37)(H,29,32,33)/t15-,20+,22?/m1/s1. The van der Waals surface area contributed by atoms with Crippen LogP contribution in [0.25, 0.3) is 5.52 Å². The van der Waals surface area contributed by atoms with Crippen molar-refractivity contribution < 1.29 is 18.4 Å². The summed E-state index contributed by atoms with van der Waals surface area (Å²) in [6, 6.07) is 6.79. The zero-order valence-electron chi connectivity index (χ0n) is 20.3. The van der Waals surface area contributed by atoms with Crippen LogP contribution < -0.4 is 5.32 Å². The minimum Gasteiger partial charge on any atom is -0.340 e. The Labute approximate surface area is 211 Å². The Hall–Kier alpha value is -4.22. The quantitative estimate of drug-likeness (QED) is 0.370. The number of carbonyl (C=O) groups excluding carboxylic acids is 2. The van der Waals surface area contributed by atoms with Gasteiger partial charge in [0.1, 0.15) is 18.3 Å². The number of imidazole rings is 1. The summed E-state index contributed by atoms with van der Waals surface area (Å²) in [6.45, 7) is 3.52. The summed E-state index contributed by atoms with van der Waals surface area (Å²) in [5, 5.41) is 12.8. The van der Waals surface area contributed by atoms with Crippen LogP contribution in [-0.4, -0.2) is 65.3 Å². The number of rotatable bonds is 7. The number of halogens is 2. The number of aromatic nitrogens is 6. The van der Waals surface area contributed by atoms with Gasteiger partial charge >= 0.3 is 0 Å². The number of likely N-dealkylation sites (tertiary alicyclic amines) is 1. The average Bonchev–Trinajstić information content (AvgIpc) is 3.62. The van der Waals surface area contributed by atoms with Gasteiger partial charge in [0.05, 0.1) is 48.1 Å². The number of fused-ring (bicyclic) bond motifs is 1. The number of carbonyl (C=O) groups is 2. The largest absolute Gasteiger partial charge is 0.340 e. The lowest BCUT2D eigenvalue weighted by Crippen LogP contribution is -2.47. The zero-order chi connectivity index (χ0) is 26.1. The van der Waals surface area contributed by atoms with E-state index in [1.165, 1.54) is 11.1 Å². The number of aromatic amines is 1. The van der Waals surface area contributed by atoms with Crippen molar-refractivity contribution in [1.29, 1.82) is 0 Å². The number of amides is 2. The summed E-state index contributed by atoms with van der Waals surface area (Å²) in [5.41, 5.74) is 2.23. The van der Waals surface area contributed by atoms with Crippen LogP contribution in [0.5, 0.6) is 0 Å². The average molecular weight is 509 g/mol. The normalized spacial score (nSPS) is 18.5. The van der Waals surface area contributed by atoms with Gasteiger partial charge in [0.25, 0.3) is 0 Å². The molecule has 2 amide bonds. The molecule has 0 radical (unpaired) electrons. The fraction of sp³-hybridized carbons (Fsp3) is 0.360.